The Balaban J connectivity index is 2.19. The van der Waals surface area contributed by atoms with Crippen molar-refractivity contribution in [3.8, 4) is 0 Å². The molecule has 0 aliphatic carbocycles. The number of nitrogens with zero attached hydrogens (tertiary/aromatic N) is 2. The largest absolute Gasteiger partial charge is 0.356 e. The molecule has 0 amide bonds. The van der Waals surface area contributed by atoms with Crippen molar-refractivity contribution < 1.29 is 0 Å². The first-order valence-electron chi connectivity index (χ1n) is 5.97. The summed E-state index contributed by atoms with van der Waals surface area (Å²) >= 11 is 0. The maximum absolute atomic E-state index is 4.23. The number of rotatable bonds is 3. The standard InChI is InChI=1S/C13H19N5/c1-13(2,3)9-6-5-7-10(8-9)15-12-16-11(14-4)17-18-12/h5-8H,1-4H3,(H3,14,15,16,17,18). The zero-order valence-electron chi connectivity index (χ0n) is 11.2. The van der Waals surface area contributed by atoms with Crippen LogP contribution in [0, 0.1) is 0 Å². The highest BCUT2D eigenvalue weighted by Gasteiger charge is 2.13. The summed E-state index contributed by atoms with van der Waals surface area (Å²) in [6.45, 7) is 6.58. The summed E-state index contributed by atoms with van der Waals surface area (Å²) < 4.78 is 0. The number of nitrogens with one attached hydrogen (secondary N) is 3. The van der Waals surface area contributed by atoms with E-state index < -0.39 is 0 Å². The van der Waals surface area contributed by atoms with Gasteiger partial charge in [-0.1, -0.05) is 32.9 Å². The molecule has 5 nitrogen and oxygen atoms in total. The molecule has 0 aliphatic heterocycles. The van der Waals surface area contributed by atoms with Gasteiger partial charge in [-0.3, -0.25) is 0 Å². The number of aromatic amines is 1. The van der Waals surface area contributed by atoms with Crippen LogP contribution in [0.25, 0.3) is 0 Å². The van der Waals surface area contributed by atoms with Crippen molar-refractivity contribution in [1.29, 1.82) is 0 Å². The lowest BCUT2D eigenvalue weighted by Gasteiger charge is -2.19. The van der Waals surface area contributed by atoms with Crippen molar-refractivity contribution in [2.24, 2.45) is 0 Å². The van der Waals surface area contributed by atoms with Gasteiger partial charge in [0.15, 0.2) is 0 Å². The highest BCUT2D eigenvalue weighted by atomic mass is 15.3. The molecule has 1 heterocycles. The smallest absolute Gasteiger partial charge is 0.243 e. The number of H-pyrrole nitrogens is 1. The Morgan fingerprint density at radius 2 is 2.00 bits per heavy atom. The third-order valence-corrected chi connectivity index (χ3v) is 2.70. The normalized spacial score (nSPS) is 11.3. The van der Waals surface area contributed by atoms with Gasteiger partial charge in [0.25, 0.3) is 0 Å². The van der Waals surface area contributed by atoms with Crippen LogP contribution >= 0.6 is 0 Å². The Kier molecular flexibility index (Phi) is 3.23. The van der Waals surface area contributed by atoms with Crippen LogP contribution in [-0.2, 0) is 5.41 Å². The summed E-state index contributed by atoms with van der Waals surface area (Å²) in [5, 5.41) is 12.9. The molecule has 18 heavy (non-hydrogen) atoms. The lowest BCUT2D eigenvalue weighted by Crippen LogP contribution is -2.11. The van der Waals surface area contributed by atoms with E-state index in [4.69, 9.17) is 0 Å². The van der Waals surface area contributed by atoms with Gasteiger partial charge >= 0.3 is 0 Å². The van der Waals surface area contributed by atoms with E-state index in [-0.39, 0.29) is 5.41 Å². The van der Waals surface area contributed by atoms with Gasteiger partial charge in [-0.15, -0.1) is 5.10 Å². The molecule has 0 saturated heterocycles. The maximum Gasteiger partial charge on any atom is 0.243 e. The van der Waals surface area contributed by atoms with Crippen molar-refractivity contribution in [1.82, 2.24) is 15.2 Å². The van der Waals surface area contributed by atoms with E-state index in [1.165, 1.54) is 5.56 Å². The molecular formula is C13H19N5. The number of hydrogen-bond donors (Lipinski definition) is 3. The van der Waals surface area contributed by atoms with Crippen LogP contribution in [0.4, 0.5) is 17.6 Å². The summed E-state index contributed by atoms with van der Waals surface area (Å²) in [7, 11) is 1.78. The second-order valence-electron chi connectivity index (χ2n) is 5.21. The van der Waals surface area contributed by atoms with Crippen LogP contribution in [0.2, 0.25) is 0 Å². The zero-order valence-corrected chi connectivity index (χ0v) is 11.2. The summed E-state index contributed by atoms with van der Waals surface area (Å²) in [5.74, 6) is 1.20. The van der Waals surface area contributed by atoms with Gasteiger partial charge in [0.05, 0.1) is 0 Å². The van der Waals surface area contributed by atoms with Gasteiger partial charge in [0.1, 0.15) is 0 Å². The van der Waals surface area contributed by atoms with Gasteiger partial charge in [0, 0.05) is 12.7 Å². The zero-order chi connectivity index (χ0) is 13.2. The molecule has 2 rings (SSSR count). The summed E-state index contributed by atoms with van der Waals surface area (Å²) in [5.41, 5.74) is 2.41. The SMILES string of the molecule is CNc1n[nH]c(Nc2cccc(C(C)(C)C)c2)n1. The van der Waals surface area contributed by atoms with Gasteiger partial charge in [-0.25, -0.2) is 5.10 Å². The van der Waals surface area contributed by atoms with E-state index in [0.717, 1.165) is 5.69 Å². The number of hydrogen-bond acceptors (Lipinski definition) is 4. The lowest BCUT2D eigenvalue weighted by molar-refractivity contribution is 0.590. The number of aromatic nitrogens is 3. The average Bonchev–Trinajstić information content (AvgIpc) is 2.76. The quantitative estimate of drug-likeness (QED) is 0.778. The Morgan fingerprint density at radius 3 is 2.61 bits per heavy atom. The predicted octanol–water partition coefficient (Wildman–Crippen LogP) is 2.89. The molecule has 0 radical (unpaired) electrons. The Bertz CT molecular complexity index is 524. The minimum atomic E-state index is 0.134. The molecule has 0 saturated carbocycles. The van der Waals surface area contributed by atoms with E-state index in [1.54, 1.807) is 7.05 Å². The molecule has 2 aromatic rings. The van der Waals surface area contributed by atoms with Crippen molar-refractivity contribution in [2.45, 2.75) is 26.2 Å². The second kappa shape index (κ2) is 4.68. The second-order valence-corrected chi connectivity index (χ2v) is 5.21. The van der Waals surface area contributed by atoms with Gasteiger partial charge in [0.2, 0.25) is 11.9 Å². The van der Waals surface area contributed by atoms with Crippen molar-refractivity contribution in [2.75, 3.05) is 17.7 Å². The van der Waals surface area contributed by atoms with Gasteiger partial charge in [-0.2, -0.15) is 4.98 Å². The minimum Gasteiger partial charge on any atom is -0.356 e. The molecule has 0 spiro atoms. The Hall–Kier alpha value is -2.04. The summed E-state index contributed by atoms with van der Waals surface area (Å²) in [6.07, 6.45) is 0. The van der Waals surface area contributed by atoms with Crippen LogP contribution in [0.5, 0.6) is 0 Å². The molecule has 3 N–H and O–H groups in total. The topological polar surface area (TPSA) is 65.6 Å². The third kappa shape index (κ3) is 2.80. The molecule has 1 aromatic carbocycles. The van der Waals surface area contributed by atoms with Gasteiger partial charge in [-0.05, 0) is 23.1 Å². The number of anilines is 3. The summed E-state index contributed by atoms with van der Waals surface area (Å²) in [4.78, 5) is 4.23. The first-order chi connectivity index (χ1) is 8.49. The third-order valence-electron chi connectivity index (χ3n) is 2.70. The maximum atomic E-state index is 4.23. The van der Waals surface area contributed by atoms with Gasteiger partial charge < -0.3 is 10.6 Å². The van der Waals surface area contributed by atoms with E-state index >= 15 is 0 Å². The average molecular weight is 245 g/mol. The molecule has 0 atom stereocenters. The van der Waals surface area contributed by atoms with E-state index in [2.05, 4.69) is 58.7 Å². The fourth-order valence-electron chi connectivity index (χ4n) is 1.63. The molecule has 0 bridgehead atoms. The highest BCUT2D eigenvalue weighted by Crippen LogP contribution is 2.25. The van der Waals surface area contributed by atoms with E-state index in [1.807, 2.05) is 12.1 Å². The molecule has 0 unspecified atom stereocenters. The Morgan fingerprint density at radius 1 is 1.22 bits per heavy atom. The monoisotopic (exact) mass is 245 g/mol. The molecular weight excluding hydrogens is 226 g/mol. The predicted molar refractivity (Wildman–Crippen MR) is 74.4 cm³/mol. The molecule has 0 fully saturated rings. The van der Waals surface area contributed by atoms with Crippen molar-refractivity contribution >= 4 is 17.6 Å². The number of benzene rings is 1. The fraction of sp³-hybridized carbons (Fsp3) is 0.385. The van der Waals surface area contributed by atoms with Crippen LogP contribution in [0.1, 0.15) is 26.3 Å². The highest BCUT2D eigenvalue weighted by molar-refractivity contribution is 5.55. The Labute approximate surface area is 107 Å². The van der Waals surface area contributed by atoms with Crippen LogP contribution in [0.15, 0.2) is 24.3 Å². The first-order valence-corrected chi connectivity index (χ1v) is 5.97. The minimum absolute atomic E-state index is 0.134. The first kappa shape index (κ1) is 12.4. The van der Waals surface area contributed by atoms with E-state index in [0.29, 0.717) is 11.9 Å². The van der Waals surface area contributed by atoms with E-state index in [9.17, 15) is 0 Å². The lowest BCUT2D eigenvalue weighted by atomic mass is 9.87. The van der Waals surface area contributed by atoms with Crippen molar-refractivity contribution in [3.05, 3.63) is 29.8 Å². The summed E-state index contributed by atoms with van der Waals surface area (Å²) in [6, 6.07) is 8.31. The molecule has 0 aliphatic rings. The fourth-order valence-corrected chi connectivity index (χ4v) is 1.63. The van der Waals surface area contributed by atoms with Crippen molar-refractivity contribution in [3.63, 3.8) is 0 Å². The van der Waals surface area contributed by atoms with Crippen LogP contribution in [0.3, 0.4) is 0 Å². The van der Waals surface area contributed by atoms with Crippen LogP contribution < -0.4 is 10.6 Å². The molecule has 96 valence electrons. The molecule has 5 heteroatoms. The van der Waals surface area contributed by atoms with Crippen LogP contribution in [-0.4, -0.2) is 22.2 Å². The molecule has 1 aromatic heterocycles.